The number of rotatable bonds is 7. The highest BCUT2D eigenvalue weighted by Crippen LogP contribution is 2.28. The predicted molar refractivity (Wildman–Crippen MR) is 109 cm³/mol. The van der Waals surface area contributed by atoms with Crippen molar-refractivity contribution in [2.24, 2.45) is 5.92 Å². The minimum atomic E-state index is -0.606. The van der Waals surface area contributed by atoms with Gasteiger partial charge in [-0.2, -0.15) is 0 Å². The van der Waals surface area contributed by atoms with Crippen LogP contribution in [-0.2, 0) is 25.5 Å². The predicted octanol–water partition coefficient (Wildman–Crippen LogP) is 2.79. The second-order valence-corrected chi connectivity index (χ2v) is 6.81. The lowest BCUT2D eigenvalue weighted by Crippen LogP contribution is -2.28. The molecule has 0 aliphatic carbocycles. The first-order valence-electron chi connectivity index (χ1n) is 9.50. The third kappa shape index (κ3) is 5.13. The number of anilines is 2. The number of nitrogens with one attached hydrogen (secondary N) is 1. The topological polar surface area (TPSA) is 84.9 Å². The van der Waals surface area contributed by atoms with E-state index >= 15 is 0 Å². The molecule has 1 fully saturated rings. The van der Waals surface area contributed by atoms with Crippen molar-refractivity contribution in [3.05, 3.63) is 54.1 Å². The van der Waals surface area contributed by atoms with Gasteiger partial charge in [0.15, 0.2) is 6.61 Å². The van der Waals surface area contributed by atoms with Crippen LogP contribution in [-0.4, -0.2) is 38.0 Å². The Labute approximate surface area is 169 Å². The molecule has 1 heterocycles. The molecule has 1 aliphatic rings. The Morgan fingerprint density at radius 2 is 1.93 bits per heavy atom. The van der Waals surface area contributed by atoms with E-state index in [9.17, 15) is 14.4 Å². The molecule has 0 spiro atoms. The van der Waals surface area contributed by atoms with Gasteiger partial charge in [0, 0.05) is 30.4 Å². The van der Waals surface area contributed by atoms with Crippen molar-refractivity contribution in [2.45, 2.75) is 19.8 Å². The van der Waals surface area contributed by atoms with E-state index in [-0.39, 0.29) is 18.9 Å². The Kier molecular flexibility index (Phi) is 6.49. The highest BCUT2D eigenvalue weighted by Gasteiger charge is 2.36. The molecule has 0 bridgehead atoms. The van der Waals surface area contributed by atoms with Crippen LogP contribution in [0.5, 0.6) is 5.75 Å². The highest BCUT2D eigenvalue weighted by atomic mass is 16.5. The Hall–Kier alpha value is -3.35. The normalized spacial score (nSPS) is 15.9. The first-order chi connectivity index (χ1) is 14.0. The summed E-state index contributed by atoms with van der Waals surface area (Å²) in [6.07, 6.45) is 0.967. The number of methoxy groups -OCH3 is 1. The molecular formula is C22H24N2O5. The Morgan fingerprint density at radius 1 is 1.17 bits per heavy atom. The summed E-state index contributed by atoms with van der Waals surface area (Å²) in [6.45, 7) is 1.87. The number of hydrogen-bond acceptors (Lipinski definition) is 5. The lowest BCUT2D eigenvalue weighted by Gasteiger charge is -2.17. The molecule has 7 nitrogen and oxygen atoms in total. The molecule has 3 rings (SSSR count). The van der Waals surface area contributed by atoms with E-state index < -0.39 is 24.4 Å². The summed E-state index contributed by atoms with van der Waals surface area (Å²) in [4.78, 5) is 38.2. The molecule has 29 heavy (non-hydrogen) atoms. The van der Waals surface area contributed by atoms with Crippen molar-refractivity contribution in [1.82, 2.24) is 0 Å². The largest absolute Gasteiger partial charge is 0.497 e. The molecule has 7 heteroatoms. The average Bonchev–Trinajstić information content (AvgIpc) is 3.14. The third-order valence-corrected chi connectivity index (χ3v) is 4.81. The van der Waals surface area contributed by atoms with Gasteiger partial charge < -0.3 is 19.7 Å². The van der Waals surface area contributed by atoms with Crippen molar-refractivity contribution < 1.29 is 23.9 Å². The van der Waals surface area contributed by atoms with E-state index in [0.717, 1.165) is 6.42 Å². The summed E-state index contributed by atoms with van der Waals surface area (Å²) >= 11 is 0. The number of hydrogen-bond donors (Lipinski definition) is 1. The number of carbonyl (C=O) groups is 3. The molecule has 0 saturated carbocycles. The van der Waals surface area contributed by atoms with Gasteiger partial charge in [-0.15, -0.1) is 0 Å². The SMILES string of the molecule is CCc1ccc(NC(=O)COC(=O)[C@@H]2CC(=O)N(c3cccc(OC)c3)C2)cc1. The van der Waals surface area contributed by atoms with Crippen LogP contribution in [0.15, 0.2) is 48.5 Å². The molecule has 2 amide bonds. The quantitative estimate of drug-likeness (QED) is 0.728. The zero-order valence-corrected chi connectivity index (χ0v) is 16.5. The van der Waals surface area contributed by atoms with Crippen LogP contribution in [0, 0.1) is 5.92 Å². The molecule has 2 aromatic rings. The Morgan fingerprint density at radius 3 is 2.62 bits per heavy atom. The van der Waals surface area contributed by atoms with Gasteiger partial charge in [-0.1, -0.05) is 25.1 Å². The van der Waals surface area contributed by atoms with Crippen LogP contribution >= 0.6 is 0 Å². The van der Waals surface area contributed by atoms with E-state index in [2.05, 4.69) is 12.2 Å². The van der Waals surface area contributed by atoms with Crippen molar-refractivity contribution in [3.8, 4) is 5.75 Å². The highest BCUT2D eigenvalue weighted by molar-refractivity contribution is 6.00. The third-order valence-electron chi connectivity index (χ3n) is 4.81. The molecule has 0 unspecified atom stereocenters. The van der Waals surface area contributed by atoms with Crippen LogP contribution in [0.3, 0.4) is 0 Å². The molecule has 1 atom stereocenters. The fourth-order valence-electron chi connectivity index (χ4n) is 3.17. The number of aryl methyl sites for hydroxylation is 1. The van der Waals surface area contributed by atoms with Gasteiger partial charge in [0.1, 0.15) is 5.75 Å². The van der Waals surface area contributed by atoms with Crippen molar-refractivity contribution in [3.63, 3.8) is 0 Å². The van der Waals surface area contributed by atoms with Gasteiger partial charge in [-0.25, -0.2) is 0 Å². The van der Waals surface area contributed by atoms with Crippen LogP contribution < -0.4 is 15.0 Å². The van der Waals surface area contributed by atoms with Crippen LogP contribution in [0.4, 0.5) is 11.4 Å². The standard InChI is InChI=1S/C22H24N2O5/c1-3-15-7-9-17(10-8-15)23-20(25)14-29-22(27)16-11-21(26)24(13-16)18-5-4-6-19(12-18)28-2/h4-10,12,16H,3,11,13-14H2,1-2H3,(H,23,25)/t16-/m1/s1. The monoisotopic (exact) mass is 396 g/mol. The van der Waals surface area contributed by atoms with Crippen molar-refractivity contribution in [2.75, 3.05) is 30.5 Å². The number of carbonyl (C=O) groups excluding carboxylic acids is 3. The fraction of sp³-hybridized carbons (Fsp3) is 0.318. The fourth-order valence-corrected chi connectivity index (χ4v) is 3.17. The number of esters is 1. The molecule has 2 aromatic carbocycles. The summed E-state index contributed by atoms with van der Waals surface area (Å²) in [5, 5.41) is 2.69. The summed E-state index contributed by atoms with van der Waals surface area (Å²) < 4.78 is 10.3. The Bertz CT molecular complexity index is 894. The van der Waals surface area contributed by atoms with Gasteiger partial charge in [-0.3, -0.25) is 14.4 Å². The summed E-state index contributed by atoms with van der Waals surface area (Å²) in [5.74, 6) is -1.12. The maximum atomic E-state index is 12.3. The van der Waals surface area contributed by atoms with Crippen molar-refractivity contribution >= 4 is 29.2 Å². The van der Waals surface area contributed by atoms with E-state index in [1.165, 1.54) is 10.5 Å². The first-order valence-corrected chi connectivity index (χ1v) is 9.50. The molecule has 0 radical (unpaired) electrons. The second kappa shape index (κ2) is 9.23. The van der Waals surface area contributed by atoms with Gasteiger partial charge in [0.05, 0.1) is 13.0 Å². The Balaban J connectivity index is 1.51. The van der Waals surface area contributed by atoms with Gasteiger partial charge >= 0.3 is 5.97 Å². The molecular weight excluding hydrogens is 372 g/mol. The van der Waals surface area contributed by atoms with E-state index in [1.54, 1.807) is 43.5 Å². The number of benzene rings is 2. The minimum absolute atomic E-state index is 0.0517. The van der Waals surface area contributed by atoms with Gasteiger partial charge in [0.25, 0.3) is 5.91 Å². The number of nitrogens with zero attached hydrogens (tertiary/aromatic N) is 1. The van der Waals surface area contributed by atoms with Gasteiger partial charge in [-0.05, 0) is 36.2 Å². The minimum Gasteiger partial charge on any atom is -0.497 e. The van der Waals surface area contributed by atoms with Gasteiger partial charge in [0.2, 0.25) is 5.91 Å². The zero-order chi connectivity index (χ0) is 20.8. The van der Waals surface area contributed by atoms with Crippen LogP contribution in [0.2, 0.25) is 0 Å². The number of ether oxygens (including phenoxy) is 2. The average molecular weight is 396 g/mol. The maximum absolute atomic E-state index is 12.3. The smallest absolute Gasteiger partial charge is 0.311 e. The van der Waals surface area contributed by atoms with E-state index in [1.807, 2.05) is 12.1 Å². The lowest BCUT2D eigenvalue weighted by molar-refractivity contribution is -0.151. The molecule has 1 aliphatic heterocycles. The van der Waals surface area contributed by atoms with E-state index in [0.29, 0.717) is 17.1 Å². The summed E-state index contributed by atoms with van der Waals surface area (Å²) in [6, 6.07) is 14.6. The summed E-state index contributed by atoms with van der Waals surface area (Å²) in [7, 11) is 1.55. The maximum Gasteiger partial charge on any atom is 0.311 e. The van der Waals surface area contributed by atoms with Crippen molar-refractivity contribution in [1.29, 1.82) is 0 Å². The molecule has 1 N–H and O–H groups in total. The molecule has 0 aromatic heterocycles. The van der Waals surface area contributed by atoms with Crippen LogP contribution in [0.25, 0.3) is 0 Å². The summed E-state index contributed by atoms with van der Waals surface area (Å²) in [5.41, 5.74) is 2.47. The first kappa shape index (κ1) is 20.4. The molecule has 1 saturated heterocycles. The second-order valence-electron chi connectivity index (χ2n) is 6.81. The van der Waals surface area contributed by atoms with E-state index in [4.69, 9.17) is 9.47 Å². The number of amides is 2. The van der Waals surface area contributed by atoms with Crippen LogP contribution in [0.1, 0.15) is 18.9 Å². The zero-order valence-electron chi connectivity index (χ0n) is 16.5. The lowest BCUT2D eigenvalue weighted by atomic mass is 10.1. The molecule has 152 valence electrons.